The third-order valence-electron chi connectivity index (χ3n) is 1.80. The molecule has 1 nitrogen and oxygen atoms in total. The molecule has 0 saturated carbocycles. The third kappa shape index (κ3) is 1.95. The van der Waals surface area contributed by atoms with E-state index >= 15 is 0 Å². The molecule has 0 aliphatic rings. The molecule has 0 fully saturated rings. The number of pyridine rings is 1. The van der Waals surface area contributed by atoms with Gasteiger partial charge in [0.05, 0.1) is 11.2 Å². The number of para-hydroxylation sites is 1. The summed E-state index contributed by atoms with van der Waals surface area (Å²) in [5.41, 5.74) is 1.16. The molecular weight excluding hydrogens is 240 g/mol. The first-order chi connectivity index (χ1) is 6.57. The molecule has 2 rings (SSSR count). The molecule has 4 heteroatoms. The van der Waals surface area contributed by atoms with E-state index in [0.29, 0.717) is 5.69 Å². The van der Waals surface area contributed by atoms with Crippen molar-refractivity contribution in [1.82, 2.24) is 4.98 Å². The number of alkyl halides is 3. The van der Waals surface area contributed by atoms with E-state index < -0.39 is 3.79 Å². The number of nitrogens with zero attached hydrogens (tertiary/aromatic N) is 1. The molecule has 0 aliphatic heterocycles. The summed E-state index contributed by atoms with van der Waals surface area (Å²) in [6.07, 6.45) is 0. The van der Waals surface area contributed by atoms with Crippen LogP contribution in [0.25, 0.3) is 10.9 Å². The molecule has 1 aromatic carbocycles. The second-order valence-electron chi connectivity index (χ2n) is 2.80. The normalized spacial score (nSPS) is 11.9. The first-order valence-corrected chi connectivity index (χ1v) is 5.05. The van der Waals surface area contributed by atoms with Crippen LogP contribution in [-0.4, -0.2) is 4.98 Å². The first-order valence-electron chi connectivity index (χ1n) is 3.92. The van der Waals surface area contributed by atoms with E-state index in [1.165, 1.54) is 0 Å². The van der Waals surface area contributed by atoms with Crippen molar-refractivity contribution < 1.29 is 0 Å². The van der Waals surface area contributed by atoms with E-state index in [9.17, 15) is 0 Å². The van der Waals surface area contributed by atoms with Gasteiger partial charge in [0.1, 0.15) is 0 Å². The molecule has 1 heterocycles. The van der Waals surface area contributed by atoms with E-state index in [0.717, 1.165) is 10.9 Å². The largest absolute Gasteiger partial charge is 0.248 e. The SMILES string of the molecule is ClC(Cl)(Cl)c1c[c]c2ccccc2n1. The van der Waals surface area contributed by atoms with Crippen molar-refractivity contribution in [2.75, 3.05) is 0 Å². The molecule has 0 spiro atoms. The Kier molecular flexibility index (Phi) is 2.56. The highest BCUT2D eigenvalue weighted by Gasteiger charge is 2.24. The minimum Gasteiger partial charge on any atom is -0.248 e. The van der Waals surface area contributed by atoms with Crippen LogP contribution in [0.2, 0.25) is 0 Å². The summed E-state index contributed by atoms with van der Waals surface area (Å²) in [7, 11) is 0. The van der Waals surface area contributed by atoms with Crippen molar-refractivity contribution >= 4 is 45.7 Å². The summed E-state index contributed by atoms with van der Waals surface area (Å²) in [6.45, 7) is 0. The molecule has 0 saturated heterocycles. The Morgan fingerprint density at radius 2 is 1.86 bits per heavy atom. The molecule has 1 radical (unpaired) electrons. The average molecular weight is 246 g/mol. The molecule has 2 aromatic rings. The van der Waals surface area contributed by atoms with Crippen LogP contribution in [0.5, 0.6) is 0 Å². The van der Waals surface area contributed by atoms with E-state index in [1.807, 2.05) is 24.3 Å². The summed E-state index contributed by atoms with van der Waals surface area (Å²) >= 11 is 17.1. The molecule has 0 unspecified atom stereocenters. The van der Waals surface area contributed by atoms with Crippen LogP contribution in [0.3, 0.4) is 0 Å². The van der Waals surface area contributed by atoms with E-state index in [2.05, 4.69) is 11.1 Å². The second-order valence-corrected chi connectivity index (χ2v) is 5.08. The molecule has 0 amide bonds. The summed E-state index contributed by atoms with van der Waals surface area (Å²) in [5, 5.41) is 0.908. The second kappa shape index (κ2) is 3.58. The Bertz CT molecular complexity index is 462. The molecule has 1 aromatic heterocycles. The van der Waals surface area contributed by atoms with E-state index in [-0.39, 0.29) is 0 Å². The fourth-order valence-corrected chi connectivity index (χ4v) is 1.44. The van der Waals surface area contributed by atoms with Gasteiger partial charge in [0, 0.05) is 5.39 Å². The van der Waals surface area contributed by atoms with Crippen molar-refractivity contribution in [1.29, 1.82) is 0 Å². The highest BCUT2D eigenvalue weighted by Crippen LogP contribution is 2.37. The monoisotopic (exact) mass is 244 g/mol. The maximum atomic E-state index is 5.71. The quantitative estimate of drug-likeness (QED) is 0.642. The molecule has 0 N–H and O–H groups in total. The maximum Gasteiger partial charge on any atom is 0.232 e. The van der Waals surface area contributed by atoms with Crippen LogP contribution in [0, 0.1) is 6.07 Å². The summed E-state index contributed by atoms with van der Waals surface area (Å²) in [6, 6.07) is 12.2. The van der Waals surface area contributed by atoms with Gasteiger partial charge in [0.25, 0.3) is 0 Å². The van der Waals surface area contributed by atoms with Crippen molar-refractivity contribution in [3.8, 4) is 0 Å². The number of aromatic nitrogens is 1. The van der Waals surface area contributed by atoms with Crippen LogP contribution in [0.4, 0.5) is 0 Å². The van der Waals surface area contributed by atoms with Crippen LogP contribution in [0.15, 0.2) is 30.3 Å². The molecule has 0 bridgehead atoms. The van der Waals surface area contributed by atoms with E-state index in [1.54, 1.807) is 6.07 Å². The molecule has 71 valence electrons. The van der Waals surface area contributed by atoms with Gasteiger partial charge in [-0.25, -0.2) is 4.98 Å². The van der Waals surface area contributed by atoms with Crippen molar-refractivity contribution in [2.24, 2.45) is 0 Å². The fraction of sp³-hybridized carbons (Fsp3) is 0.100. The first kappa shape index (κ1) is 10.0. The number of hydrogen-bond donors (Lipinski definition) is 0. The van der Waals surface area contributed by atoms with E-state index in [4.69, 9.17) is 34.8 Å². The van der Waals surface area contributed by atoms with Crippen LogP contribution < -0.4 is 0 Å². The Morgan fingerprint density at radius 1 is 1.14 bits per heavy atom. The van der Waals surface area contributed by atoms with Gasteiger partial charge >= 0.3 is 0 Å². The zero-order chi connectivity index (χ0) is 10.2. The van der Waals surface area contributed by atoms with Crippen LogP contribution >= 0.6 is 34.8 Å². The van der Waals surface area contributed by atoms with Gasteiger partial charge in [-0.2, -0.15) is 0 Å². The topological polar surface area (TPSA) is 12.9 Å². The predicted octanol–water partition coefficient (Wildman–Crippen LogP) is 3.86. The lowest BCUT2D eigenvalue weighted by Gasteiger charge is -2.10. The molecule has 14 heavy (non-hydrogen) atoms. The van der Waals surface area contributed by atoms with Crippen molar-refractivity contribution in [3.05, 3.63) is 42.1 Å². The number of fused-ring (bicyclic) bond motifs is 1. The summed E-state index contributed by atoms with van der Waals surface area (Å²) in [4.78, 5) is 4.22. The highest BCUT2D eigenvalue weighted by atomic mass is 35.6. The summed E-state index contributed by atoms with van der Waals surface area (Å²) < 4.78 is -1.49. The number of halogens is 3. The zero-order valence-corrected chi connectivity index (χ0v) is 9.24. The Hall–Kier alpha value is -0.500. The predicted molar refractivity (Wildman–Crippen MR) is 59.8 cm³/mol. The Labute approximate surface area is 96.6 Å². The smallest absolute Gasteiger partial charge is 0.232 e. The van der Waals surface area contributed by atoms with Gasteiger partial charge in [0.15, 0.2) is 0 Å². The number of rotatable bonds is 0. The van der Waals surface area contributed by atoms with Gasteiger partial charge in [-0.15, -0.1) is 0 Å². The summed E-state index contributed by atoms with van der Waals surface area (Å²) in [5.74, 6) is 0. The van der Waals surface area contributed by atoms with Crippen LogP contribution in [-0.2, 0) is 3.79 Å². The lowest BCUT2D eigenvalue weighted by Crippen LogP contribution is -2.03. The van der Waals surface area contributed by atoms with Gasteiger partial charge in [0.2, 0.25) is 3.79 Å². The molecule has 0 aliphatic carbocycles. The molecule has 0 atom stereocenters. The van der Waals surface area contributed by atoms with Gasteiger partial charge in [-0.3, -0.25) is 0 Å². The minimum absolute atomic E-state index is 0.390. The van der Waals surface area contributed by atoms with Crippen LogP contribution in [0.1, 0.15) is 5.69 Å². The fourth-order valence-electron chi connectivity index (χ4n) is 1.15. The Balaban J connectivity index is 2.63. The van der Waals surface area contributed by atoms with Gasteiger partial charge in [-0.1, -0.05) is 53.0 Å². The zero-order valence-electron chi connectivity index (χ0n) is 6.97. The van der Waals surface area contributed by atoms with Crippen molar-refractivity contribution in [3.63, 3.8) is 0 Å². The van der Waals surface area contributed by atoms with Gasteiger partial charge in [-0.05, 0) is 18.2 Å². The van der Waals surface area contributed by atoms with Crippen molar-refractivity contribution in [2.45, 2.75) is 3.79 Å². The highest BCUT2D eigenvalue weighted by molar-refractivity contribution is 6.66. The molecular formula is C10H5Cl3N. The number of hydrogen-bond acceptors (Lipinski definition) is 1. The Morgan fingerprint density at radius 3 is 2.57 bits per heavy atom. The maximum absolute atomic E-state index is 5.71. The minimum atomic E-state index is -1.49. The van der Waals surface area contributed by atoms with Gasteiger partial charge < -0.3 is 0 Å². The lowest BCUT2D eigenvalue weighted by atomic mass is 10.2. The number of benzene rings is 1. The average Bonchev–Trinajstić information content (AvgIpc) is 2.16. The standard InChI is InChI=1S/C10H5Cl3N/c11-10(12,13)9-6-5-7-3-1-2-4-8(7)14-9/h1-4,6H. The third-order valence-corrected chi connectivity index (χ3v) is 2.38. The lowest BCUT2D eigenvalue weighted by molar-refractivity contribution is 1.12.